The first kappa shape index (κ1) is 20.2. The third kappa shape index (κ3) is 4.28. The number of nitrogens with one attached hydrogen (secondary N) is 1. The number of rotatable bonds is 5. The van der Waals surface area contributed by atoms with Crippen molar-refractivity contribution >= 4 is 29.0 Å². The Morgan fingerprint density at radius 1 is 1.21 bits per heavy atom. The van der Waals surface area contributed by atoms with Crippen molar-refractivity contribution in [2.75, 3.05) is 5.32 Å². The van der Waals surface area contributed by atoms with Gasteiger partial charge in [-0.05, 0) is 29.5 Å². The number of aryl methyl sites for hydroxylation is 1. The van der Waals surface area contributed by atoms with Crippen LogP contribution in [0, 0.1) is 0 Å². The highest BCUT2D eigenvalue weighted by atomic mass is 35.5. The fraction of sp³-hybridized carbons (Fsp3) is 0.304. The molecule has 28 heavy (non-hydrogen) atoms. The van der Waals surface area contributed by atoms with Crippen molar-refractivity contribution in [2.45, 2.75) is 45.6 Å². The number of ether oxygens (including phenoxy) is 1. The first-order valence-electron chi connectivity index (χ1n) is 9.49. The minimum atomic E-state index is -0.571. The molecule has 2 aromatic carbocycles. The predicted octanol–water partition coefficient (Wildman–Crippen LogP) is 5.58. The molecule has 2 aromatic rings. The van der Waals surface area contributed by atoms with Gasteiger partial charge >= 0.3 is 0 Å². The maximum Gasteiger partial charge on any atom is 0.290 e. The Kier molecular flexibility index (Phi) is 6.20. The highest BCUT2D eigenvalue weighted by Gasteiger charge is 2.29. The molecule has 0 spiro atoms. The number of anilines is 1. The van der Waals surface area contributed by atoms with Crippen LogP contribution in [0.15, 0.2) is 54.3 Å². The number of allylic oxidation sites excluding steroid dienone is 1. The van der Waals surface area contributed by atoms with Gasteiger partial charge in [0.25, 0.3) is 5.91 Å². The molecule has 3 rings (SSSR count). The number of ketones is 1. The van der Waals surface area contributed by atoms with E-state index in [1.807, 2.05) is 43.3 Å². The lowest BCUT2D eigenvalue weighted by molar-refractivity contribution is -0.124. The molecule has 0 aromatic heterocycles. The summed E-state index contributed by atoms with van der Waals surface area (Å²) >= 11 is 6.25. The number of para-hydroxylation sites is 1. The molecule has 1 heterocycles. The maximum absolute atomic E-state index is 12.9. The zero-order valence-electron chi connectivity index (χ0n) is 16.3. The van der Waals surface area contributed by atoms with Crippen LogP contribution in [0.3, 0.4) is 0 Å². The molecule has 1 aliphatic rings. The van der Waals surface area contributed by atoms with E-state index in [0.29, 0.717) is 10.6 Å². The predicted molar refractivity (Wildman–Crippen MR) is 112 cm³/mol. The largest absolute Gasteiger partial charge is 0.479 e. The van der Waals surface area contributed by atoms with Gasteiger partial charge in [-0.3, -0.25) is 9.59 Å². The summed E-state index contributed by atoms with van der Waals surface area (Å²) in [5.74, 6) is -0.315. The molecule has 1 amide bonds. The van der Waals surface area contributed by atoms with Crippen LogP contribution in [-0.2, 0) is 20.7 Å². The summed E-state index contributed by atoms with van der Waals surface area (Å²) in [4.78, 5) is 25.2. The van der Waals surface area contributed by atoms with E-state index >= 15 is 0 Å². The van der Waals surface area contributed by atoms with E-state index in [2.05, 4.69) is 19.2 Å². The van der Waals surface area contributed by atoms with E-state index in [9.17, 15) is 9.59 Å². The Labute approximate surface area is 170 Å². The molecule has 0 aliphatic carbocycles. The molecule has 4 nitrogen and oxygen atoms in total. The molecule has 1 N–H and O–H groups in total. The van der Waals surface area contributed by atoms with Crippen molar-refractivity contribution in [1.82, 2.24) is 0 Å². The van der Waals surface area contributed by atoms with Crippen molar-refractivity contribution in [1.29, 1.82) is 0 Å². The Morgan fingerprint density at radius 3 is 2.64 bits per heavy atom. The topological polar surface area (TPSA) is 55.4 Å². The quantitative estimate of drug-likeness (QED) is 0.716. The monoisotopic (exact) mass is 397 g/mol. The van der Waals surface area contributed by atoms with Gasteiger partial charge in [0, 0.05) is 22.3 Å². The fourth-order valence-corrected chi connectivity index (χ4v) is 3.63. The summed E-state index contributed by atoms with van der Waals surface area (Å²) in [6.07, 6.45) is 1.64. The van der Waals surface area contributed by atoms with Crippen molar-refractivity contribution in [3.05, 3.63) is 76.0 Å². The van der Waals surface area contributed by atoms with E-state index in [-0.39, 0.29) is 23.9 Å². The van der Waals surface area contributed by atoms with Crippen LogP contribution < -0.4 is 5.32 Å². The van der Waals surface area contributed by atoms with Crippen LogP contribution in [0.1, 0.15) is 55.9 Å². The third-order valence-electron chi connectivity index (χ3n) is 4.85. The summed E-state index contributed by atoms with van der Waals surface area (Å²) in [7, 11) is 0. The average molecular weight is 398 g/mol. The number of carbonyl (C=O) groups excluding carboxylic acids is 2. The van der Waals surface area contributed by atoms with Gasteiger partial charge in [0.15, 0.2) is 11.5 Å². The van der Waals surface area contributed by atoms with E-state index in [4.69, 9.17) is 16.3 Å². The van der Waals surface area contributed by atoms with Crippen molar-refractivity contribution in [3.8, 4) is 0 Å². The van der Waals surface area contributed by atoms with E-state index in [0.717, 1.165) is 23.2 Å². The Morgan fingerprint density at radius 2 is 1.96 bits per heavy atom. The molecule has 146 valence electrons. The van der Waals surface area contributed by atoms with Gasteiger partial charge in [0.05, 0.1) is 6.42 Å². The lowest BCUT2D eigenvalue weighted by Gasteiger charge is -2.25. The molecule has 0 radical (unpaired) electrons. The van der Waals surface area contributed by atoms with Gasteiger partial charge in [-0.2, -0.15) is 0 Å². The highest BCUT2D eigenvalue weighted by Crippen LogP contribution is 2.34. The number of amides is 1. The van der Waals surface area contributed by atoms with Gasteiger partial charge in [-0.1, -0.05) is 68.8 Å². The first-order chi connectivity index (χ1) is 13.4. The zero-order chi connectivity index (χ0) is 20.3. The average Bonchev–Trinajstić information content (AvgIpc) is 2.67. The number of hydrogen-bond donors (Lipinski definition) is 1. The molecule has 1 atom stereocenters. The van der Waals surface area contributed by atoms with Crippen LogP contribution in [0.5, 0.6) is 0 Å². The molecular weight excluding hydrogens is 374 g/mol. The Bertz CT molecular complexity index is 933. The summed E-state index contributed by atoms with van der Waals surface area (Å²) in [6.45, 7) is 6.21. The van der Waals surface area contributed by atoms with Gasteiger partial charge < -0.3 is 10.1 Å². The maximum atomic E-state index is 12.9. The van der Waals surface area contributed by atoms with Gasteiger partial charge in [-0.15, -0.1) is 0 Å². The second kappa shape index (κ2) is 8.61. The fourth-order valence-electron chi connectivity index (χ4n) is 3.37. The summed E-state index contributed by atoms with van der Waals surface area (Å²) in [5, 5.41) is 3.49. The number of carbonyl (C=O) groups is 2. The Hall–Kier alpha value is -2.59. The summed E-state index contributed by atoms with van der Waals surface area (Å²) in [6, 6.07) is 13.2. The normalized spacial score (nSPS) is 16.5. The molecule has 5 heteroatoms. The zero-order valence-corrected chi connectivity index (χ0v) is 17.0. The second-order valence-electron chi connectivity index (χ2n) is 7.15. The van der Waals surface area contributed by atoms with Crippen LogP contribution in [0.4, 0.5) is 5.69 Å². The minimum absolute atomic E-state index is 0.0155. The SMILES string of the molecule is CCc1cccc(C(C)C)c1NC(=O)C1=CC(=O)CC(c2ccccc2Cl)O1. The van der Waals surface area contributed by atoms with E-state index < -0.39 is 12.0 Å². The molecule has 0 saturated heterocycles. The standard InChI is InChI=1S/C23H24ClNO3/c1-4-15-8-7-10-17(14(2)3)22(15)25-23(27)21-13-16(26)12-20(28-21)18-9-5-6-11-19(18)24/h5-11,13-14,20H,4,12H2,1-3H3,(H,25,27). The van der Waals surface area contributed by atoms with Crippen molar-refractivity contribution < 1.29 is 14.3 Å². The minimum Gasteiger partial charge on any atom is -0.479 e. The summed E-state index contributed by atoms with van der Waals surface area (Å²) < 4.78 is 5.88. The molecular formula is C23H24ClNO3. The second-order valence-corrected chi connectivity index (χ2v) is 7.56. The smallest absolute Gasteiger partial charge is 0.290 e. The lowest BCUT2D eigenvalue weighted by Crippen LogP contribution is -2.25. The third-order valence-corrected chi connectivity index (χ3v) is 5.19. The molecule has 1 aliphatic heterocycles. The van der Waals surface area contributed by atoms with Crippen LogP contribution in [-0.4, -0.2) is 11.7 Å². The number of benzene rings is 2. The van der Waals surface area contributed by atoms with E-state index in [1.54, 1.807) is 6.07 Å². The summed E-state index contributed by atoms with van der Waals surface area (Å²) in [5.41, 5.74) is 3.59. The lowest BCUT2D eigenvalue weighted by atomic mass is 9.96. The Balaban J connectivity index is 1.87. The molecule has 0 saturated carbocycles. The molecule has 0 bridgehead atoms. The molecule has 1 unspecified atom stereocenters. The van der Waals surface area contributed by atoms with Gasteiger partial charge in [0.1, 0.15) is 6.10 Å². The van der Waals surface area contributed by atoms with Gasteiger partial charge in [-0.25, -0.2) is 0 Å². The van der Waals surface area contributed by atoms with Crippen molar-refractivity contribution in [2.24, 2.45) is 0 Å². The highest BCUT2D eigenvalue weighted by molar-refractivity contribution is 6.31. The first-order valence-corrected chi connectivity index (χ1v) is 9.87. The van der Waals surface area contributed by atoms with Crippen LogP contribution >= 0.6 is 11.6 Å². The van der Waals surface area contributed by atoms with E-state index in [1.165, 1.54) is 6.08 Å². The van der Waals surface area contributed by atoms with Crippen LogP contribution in [0.25, 0.3) is 0 Å². The van der Waals surface area contributed by atoms with Gasteiger partial charge in [0.2, 0.25) is 0 Å². The number of halogens is 1. The van der Waals surface area contributed by atoms with Crippen molar-refractivity contribution in [3.63, 3.8) is 0 Å². The molecule has 0 fully saturated rings. The number of hydrogen-bond acceptors (Lipinski definition) is 3. The van der Waals surface area contributed by atoms with Crippen LogP contribution in [0.2, 0.25) is 5.02 Å².